The first-order valence-electron chi connectivity index (χ1n) is 6.55. The zero-order valence-electron chi connectivity index (χ0n) is 12.1. The summed E-state index contributed by atoms with van der Waals surface area (Å²) in [6, 6.07) is 12.6. The molecule has 2 nitrogen and oxygen atoms in total. The van der Waals surface area contributed by atoms with Gasteiger partial charge in [-0.25, -0.2) is 0 Å². The third-order valence-corrected chi connectivity index (χ3v) is 3.51. The van der Waals surface area contributed by atoms with E-state index in [1.165, 1.54) is 27.9 Å². The Kier molecular flexibility index (Phi) is 4.10. The standard InChI is InChI=1S/C17H21NO/c1-12-8-9-17(19-4)15(10-12)11-18-16-7-5-6-13(2)14(16)3/h5-10,18H,11H2,1-4H3. The molecule has 2 aromatic rings. The maximum absolute atomic E-state index is 5.40. The van der Waals surface area contributed by atoms with Gasteiger partial charge in [0.1, 0.15) is 5.75 Å². The van der Waals surface area contributed by atoms with Gasteiger partial charge in [-0.2, -0.15) is 0 Å². The molecule has 1 N–H and O–H groups in total. The molecule has 2 heteroatoms. The first-order chi connectivity index (χ1) is 9.11. The van der Waals surface area contributed by atoms with Crippen LogP contribution in [0.1, 0.15) is 22.3 Å². The molecule has 0 fully saturated rings. The monoisotopic (exact) mass is 255 g/mol. The van der Waals surface area contributed by atoms with Gasteiger partial charge >= 0.3 is 0 Å². The minimum absolute atomic E-state index is 0.773. The molecule has 0 unspecified atom stereocenters. The van der Waals surface area contributed by atoms with Gasteiger partial charge in [-0.1, -0.05) is 29.8 Å². The van der Waals surface area contributed by atoms with E-state index >= 15 is 0 Å². The van der Waals surface area contributed by atoms with Crippen LogP contribution in [0.15, 0.2) is 36.4 Å². The number of ether oxygens (including phenoxy) is 1. The zero-order valence-corrected chi connectivity index (χ0v) is 12.1. The van der Waals surface area contributed by atoms with Crippen LogP contribution in [-0.2, 0) is 6.54 Å². The normalized spacial score (nSPS) is 10.3. The summed E-state index contributed by atoms with van der Waals surface area (Å²) < 4.78 is 5.40. The molecule has 0 aliphatic carbocycles. The van der Waals surface area contributed by atoms with Gasteiger partial charge < -0.3 is 10.1 Å². The molecule has 0 bridgehead atoms. The summed E-state index contributed by atoms with van der Waals surface area (Å²) >= 11 is 0. The lowest BCUT2D eigenvalue weighted by atomic mass is 10.1. The zero-order chi connectivity index (χ0) is 13.8. The topological polar surface area (TPSA) is 21.3 Å². The van der Waals surface area contributed by atoms with Crippen LogP contribution in [0.4, 0.5) is 5.69 Å². The fourth-order valence-corrected chi connectivity index (χ4v) is 2.18. The summed E-state index contributed by atoms with van der Waals surface area (Å²) in [6.07, 6.45) is 0. The summed E-state index contributed by atoms with van der Waals surface area (Å²) in [5.41, 5.74) is 6.22. The van der Waals surface area contributed by atoms with Gasteiger partial charge in [-0.15, -0.1) is 0 Å². The summed E-state index contributed by atoms with van der Waals surface area (Å²) in [4.78, 5) is 0. The van der Waals surface area contributed by atoms with Crippen LogP contribution >= 0.6 is 0 Å². The molecule has 2 aromatic carbocycles. The summed E-state index contributed by atoms with van der Waals surface area (Å²) in [7, 11) is 1.71. The Balaban J connectivity index is 2.18. The number of methoxy groups -OCH3 is 1. The summed E-state index contributed by atoms with van der Waals surface area (Å²) in [6.45, 7) is 7.15. The Bertz CT molecular complexity index is 575. The van der Waals surface area contributed by atoms with Crippen molar-refractivity contribution < 1.29 is 4.74 Å². The van der Waals surface area contributed by atoms with Crippen LogP contribution in [0.2, 0.25) is 0 Å². The average Bonchev–Trinajstić information content (AvgIpc) is 2.40. The summed E-state index contributed by atoms with van der Waals surface area (Å²) in [5.74, 6) is 0.934. The first kappa shape index (κ1) is 13.5. The van der Waals surface area contributed by atoms with E-state index in [2.05, 4.69) is 56.4 Å². The van der Waals surface area contributed by atoms with Crippen molar-refractivity contribution in [1.29, 1.82) is 0 Å². The van der Waals surface area contributed by atoms with Crippen LogP contribution in [0.5, 0.6) is 5.75 Å². The van der Waals surface area contributed by atoms with Gasteiger partial charge in [0, 0.05) is 17.8 Å². The Hall–Kier alpha value is -1.96. The average molecular weight is 255 g/mol. The van der Waals surface area contributed by atoms with Gasteiger partial charge in [-0.05, 0) is 44.0 Å². The number of hydrogen-bond donors (Lipinski definition) is 1. The second-order valence-electron chi connectivity index (χ2n) is 4.92. The van der Waals surface area contributed by atoms with E-state index in [0.29, 0.717) is 0 Å². The lowest BCUT2D eigenvalue weighted by Gasteiger charge is -2.14. The van der Waals surface area contributed by atoms with Gasteiger partial charge in [0.15, 0.2) is 0 Å². The van der Waals surface area contributed by atoms with Crippen LogP contribution in [0, 0.1) is 20.8 Å². The number of aryl methyl sites for hydroxylation is 2. The fourth-order valence-electron chi connectivity index (χ4n) is 2.18. The molecule has 0 heterocycles. The smallest absolute Gasteiger partial charge is 0.123 e. The number of nitrogens with one attached hydrogen (secondary N) is 1. The molecule has 0 aromatic heterocycles. The molecular weight excluding hydrogens is 234 g/mol. The van der Waals surface area contributed by atoms with E-state index in [9.17, 15) is 0 Å². The van der Waals surface area contributed by atoms with E-state index in [-0.39, 0.29) is 0 Å². The highest BCUT2D eigenvalue weighted by molar-refractivity contribution is 5.54. The molecule has 0 saturated carbocycles. The maximum Gasteiger partial charge on any atom is 0.123 e. The third-order valence-electron chi connectivity index (χ3n) is 3.51. The van der Waals surface area contributed by atoms with E-state index < -0.39 is 0 Å². The molecule has 0 amide bonds. The lowest BCUT2D eigenvalue weighted by molar-refractivity contribution is 0.410. The molecule has 0 spiro atoms. The van der Waals surface area contributed by atoms with Crippen LogP contribution in [-0.4, -0.2) is 7.11 Å². The molecule has 2 rings (SSSR count). The lowest BCUT2D eigenvalue weighted by Crippen LogP contribution is -2.04. The first-order valence-corrected chi connectivity index (χ1v) is 6.55. The second kappa shape index (κ2) is 5.79. The van der Waals surface area contributed by atoms with Crippen molar-refractivity contribution in [3.63, 3.8) is 0 Å². The Morgan fingerprint density at radius 3 is 2.58 bits per heavy atom. The molecule has 0 radical (unpaired) electrons. The van der Waals surface area contributed by atoms with Crippen molar-refractivity contribution in [2.24, 2.45) is 0 Å². The predicted molar refractivity (Wildman–Crippen MR) is 81.0 cm³/mol. The van der Waals surface area contributed by atoms with Crippen molar-refractivity contribution in [2.45, 2.75) is 27.3 Å². The van der Waals surface area contributed by atoms with Gasteiger partial charge in [-0.3, -0.25) is 0 Å². The number of anilines is 1. The largest absolute Gasteiger partial charge is 0.496 e. The molecular formula is C17H21NO. The van der Waals surface area contributed by atoms with Crippen molar-refractivity contribution in [3.8, 4) is 5.75 Å². The highest BCUT2D eigenvalue weighted by atomic mass is 16.5. The van der Waals surface area contributed by atoms with Crippen molar-refractivity contribution in [3.05, 3.63) is 58.7 Å². The minimum Gasteiger partial charge on any atom is -0.496 e. The Morgan fingerprint density at radius 1 is 1.05 bits per heavy atom. The molecule has 19 heavy (non-hydrogen) atoms. The fraction of sp³-hybridized carbons (Fsp3) is 0.294. The van der Waals surface area contributed by atoms with Crippen molar-refractivity contribution >= 4 is 5.69 Å². The van der Waals surface area contributed by atoms with E-state index in [1.54, 1.807) is 7.11 Å². The number of hydrogen-bond acceptors (Lipinski definition) is 2. The van der Waals surface area contributed by atoms with Crippen LogP contribution in [0.3, 0.4) is 0 Å². The molecule has 0 aliphatic rings. The predicted octanol–water partition coefficient (Wildman–Crippen LogP) is 4.23. The Morgan fingerprint density at radius 2 is 1.84 bits per heavy atom. The second-order valence-corrected chi connectivity index (χ2v) is 4.92. The molecule has 0 aliphatic heterocycles. The van der Waals surface area contributed by atoms with E-state index in [4.69, 9.17) is 4.74 Å². The summed E-state index contributed by atoms with van der Waals surface area (Å²) in [5, 5.41) is 3.49. The van der Waals surface area contributed by atoms with Gasteiger partial charge in [0.25, 0.3) is 0 Å². The highest BCUT2D eigenvalue weighted by Gasteiger charge is 2.05. The van der Waals surface area contributed by atoms with E-state index in [1.807, 2.05) is 6.07 Å². The minimum atomic E-state index is 0.773. The number of benzene rings is 2. The SMILES string of the molecule is COc1ccc(C)cc1CNc1cccc(C)c1C. The maximum atomic E-state index is 5.40. The molecule has 0 saturated heterocycles. The van der Waals surface area contributed by atoms with E-state index in [0.717, 1.165) is 12.3 Å². The number of rotatable bonds is 4. The van der Waals surface area contributed by atoms with Crippen LogP contribution in [0.25, 0.3) is 0 Å². The third kappa shape index (κ3) is 3.08. The van der Waals surface area contributed by atoms with Crippen LogP contribution < -0.4 is 10.1 Å². The molecule has 0 atom stereocenters. The molecule has 100 valence electrons. The quantitative estimate of drug-likeness (QED) is 0.882. The van der Waals surface area contributed by atoms with Crippen molar-refractivity contribution in [1.82, 2.24) is 0 Å². The Labute approximate surface area is 115 Å². The highest BCUT2D eigenvalue weighted by Crippen LogP contribution is 2.23. The van der Waals surface area contributed by atoms with Gasteiger partial charge in [0.05, 0.1) is 7.11 Å². The van der Waals surface area contributed by atoms with Crippen molar-refractivity contribution in [2.75, 3.05) is 12.4 Å². The van der Waals surface area contributed by atoms with Gasteiger partial charge in [0.2, 0.25) is 0 Å².